The van der Waals surface area contributed by atoms with Gasteiger partial charge in [0.15, 0.2) is 5.78 Å². The molecule has 2 N–H and O–H groups in total. The van der Waals surface area contributed by atoms with Crippen molar-refractivity contribution in [2.24, 2.45) is 0 Å². The predicted octanol–water partition coefficient (Wildman–Crippen LogP) is 2.40. The van der Waals surface area contributed by atoms with E-state index in [0.29, 0.717) is 11.3 Å². The Morgan fingerprint density at radius 2 is 2.06 bits per heavy atom. The molecule has 4 nitrogen and oxygen atoms in total. The number of amides is 1. The molecule has 4 heteroatoms. The Balaban J connectivity index is 2.03. The molecule has 0 atom stereocenters. The van der Waals surface area contributed by atoms with Crippen LogP contribution in [-0.2, 0) is 11.2 Å². The summed E-state index contributed by atoms with van der Waals surface area (Å²) in [4.78, 5) is 25.9. The maximum atomic E-state index is 11.7. The molecule has 1 heterocycles. The third kappa shape index (κ3) is 3.07. The zero-order valence-electron chi connectivity index (χ0n) is 10.1. The molecule has 0 aliphatic heterocycles. The first-order chi connectivity index (χ1) is 8.65. The van der Waals surface area contributed by atoms with E-state index in [1.165, 1.54) is 6.92 Å². The SMILES string of the molecule is CC(=O)c1cccc(NC(=O)Cc2ccc[nH]2)c1. The highest BCUT2D eigenvalue weighted by molar-refractivity contribution is 5.97. The molecule has 2 rings (SSSR count). The second-order valence-electron chi connectivity index (χ2n) is 4.06. The van der Waals surface area contributed by atoms with Crippen LogP contribution in [0.25, 0.3) is 0 Å². The van der Waals surface area contributed by atoms with Gasteiger partial charge in [0.05, 0.1) is 6.42 Å². The van der Waals surface area contributed by atoms with Gasteiger partial charge in [-0.25, -0.2) is 0 Å². The highest BCUT2D eigenvalue weighted by atomic mass is 16.1. The van der Waals surface area contributed by atoms with Gasteiger partial charge < -0.3 is 10.3 Å². The Bertz CT molecular complexity index is 559. The number of anilines is 1. The van der Waals surface area contributed by atoms with Gasteiger partial charge >= 0.3 is 0 Å². The molecule has 1 aromatic carbocycles. The van der Waals surface area contributed by atoms with Crippen molar-refractivity contribution in [3.63, 3.8) is 0 Å². The van der Waals surface area contributed by atoms with Gasteiger partial charge in [0.1, 0.15) is 0 Å². The highest BCUT2D eigenvalue weighted by Gasteiger charge is 2.06. The molecule has 1 amide bonds. The largest absolute Gasteiger partial charge is 0.365 e. The molecule has 0 saturated heterocycles. The first-order valence-electron chi connectivity index (χ1n) is 5.68. The maximum absolute atomic E-state index is 11.7. The quantitative estimate of drug-likeness (QED) is 0.809. The van der Waals surface area contributed by atoms with Crippen LogP contribution in [0.3, 0.4) is 0 Å². The van der Waals surface area contributed by atoms with E-state index in [1.54, 1.807) is 30.5 Å². The maximum Gasteiger partial charge on any atom is 0.230 e. The van der Waals surface area contributed by atoms with Gasteiger partial charge in [0.2, 0.25) is 5.91 Å². The molecule has 2 aromatic rings. The number of carbonyl (C=O) groups excluding carboxylic acids is 2. The monoisotopic (exact) mass is 242 g/mol. The fourth-order valence-corrected chi connectivity index (χ4v) is 1.67. The van der Waals surface area contributed by atoms with Crippen LogP contribution in [0.2, 0.25) is 0 Å². The van der Waals surface area contributed by atoms with E-state index in [1.807, 2.05) is 12.1 Å². The minimum Gasteiger partial charge on any atom is -0.365 e. The number of nitrogens with one attached hydrogen (secondary N) is 2. The van der Waals surface area contributed by atoms with Gasteiger partial charge in [-0.1, -0.05) is 12.1 Å². The summed E-state index contributed by atoms with van der Waals surface area (Å²) in [7, 11) is 0. The van der Waals surface area contributed by atoms with Crippen molar-refractivity contribution in [1.82, 2.24) is 4.98 Å². The van der Waals surface area contributed by atoms with Gasteiger partial charge in [-0.15, -0.1) is 0 Å². The van der Waals surface area contributed by atoms with Crippen molar-refractivity contribution in [2.45, 2.75) is 13.3 Å². The van der Waals surface area contributed by atoms with Crippen LogP contribution >= 0.6 is 0 Å². The van der Waals surface area contributed by atoms with Crippen LogP contribution in [0.1, 0.15) is 23.0 Å². The summed E-state index contributed by atoms with van der Waals surface area (Å²) in [6.45, 7) is 1.50. The fourth-order valence-electron chi connectivity index (χ4n) is 1.67. The smallest absolute Gasteiger partial charge is 0.230 e. The van der Waals surface area contributed by atoms with E-state index in [0.717, 1.165) is 5.69 Å². The molecule has 0 radical (unpaired) electrons. The summed E-state index contributed by atoms with van der Waals surface area (Å²) in [6.07, 6.45) is 2.07. The molecule has 0 unspecified atom stereocenters. The van der Waals surface area contributed by atoms with E-state index in [2.05, 4.69) is 10.3 Å². The lowest BCUT2D eigenvalue weighted by Crippen LogP contribution is -2.14. The van der Waals surface area contributed by atoms with Crippen molar-refractivity contribution in [2.75, 3.05) is 5.32 Å². The Labute approximate surface area is 105 Å². The molecule has 92 valence electrons. The summed E-state index contributed by atoms with van der Waals surface area (Å²) in [5.74, 6) is -0.131. The molecule has 0 aliphatic carbocycles. The first-order valence-corrected chi connectivity index (χ1v) is 5.68. The molecular formula is C14H14N2O2. The molecule has 1 aromatic heterocycles. The minimum absolute atomic E-state index is 0.0181. The van der Waals surface area contributed by atoms with Gasteiger partial charge in [-0.3, -0.25) is 9.59 Å². The molecule has 0 spiro atoms. The zero-order chi connectivity index (χ0) is 13.0. The summed E-state index contributed by atoms with van der Waals surface area (Å²) in [6, 6.07) is 10.6. The van der Waals surface area contributed by atoms with Gasteiger partial charge in [0.25, 0.3) is 0 Å². The third-order valence-electron chi connectivity index (χ3n) is 2.57. The standard InChI is InChI=1S/C14H14N2O2/c1-10(17)11-4-2-5-13(8-11)16-14(18)9-12-6-3-7-15-12/h2-8,15H,9H2,1H3,(H,16,18). The topological polar surface area (TPSA) is 62.0 Å². The molecule has 18 heavy (non-hydrogen) atoms. The number of hydrogen-bond donors (Lipinski definition) is 2. The number of Topliss-reactive ketones (excluding diaryl/α,β-unsaturated/α-hetero) is 1. The number of rotatable bonds is 4. The summed E-state index contributed by atoms with van der Waals surface area (Å²) in [5.41, 5.74) is 2.09. The molecule has 0 saturated carbocycles. The van der Waals surface area contributed by atoms with E-state index in [4.69, 9.17) is 0 Å². The van der Waals surface area contributed by atoms with E-state index < -0.39 is 0 Å². The average Bonchev–Trinajstić information content (AvgIpc) is 2.82. The fraction of sp³-hybridized carbons (Fsp3) is 0.143. The van der Waals surface area contributed by atoms with Crippen molar-refractivity contribution < 1.29 is 9.59 Å². The lowest BCUT2D eigenvalue weighted by Gasteiger charge is -2.05. The lowest BCUT2D eigenvalue weighted by atomic mass is 10.1. The zero-order valence-corrected chi connectivity index (χ0v) is 10.1. The number of H-pyrrole nitrogens is 1. The third-order valence-corrected chi connectivity index (χ3v) is 2.57. The minimum atomic E-state index is -0.113. The molecule has 0 bridgehead atoms. The summed E-state index contributed by atoms with van der Waals surface area (Å²) < 4.78 is 0. The molecule has 0 aliphatic rings. The Kier molecular flexibility index (Phi) is 3.57. The van der Waals surface area contributed by atoms with Crippen LogP contribution in [-0.4, -0.2) is 16.7 Å². The van der Waals surface area contributed by atoms with E-state index in [-0.39, 0.29) is 18.1 Å². The normalized spacial score (nSPS) is 10.1. The van der Waals surface area contributed by atoms with Gasteiger partial charge in [-0.05, 0) is 31.2 Å². The molecule has 0 fully saturated rings. The summed E-state index contributed by atoms with van der Waals surface area (Å²) in [5, 5.41) is 2.76. The van der Waals surface area contributed by atoms with Crippen LogP contribution < -0.4 is 5.32 Å². The number of carbonyl (C=O) groups is 2. The van der Waals surface area contributed by atoms with Crippen molar-refractivity contribution in [3.8, 4) is 0 Å². The Hall–Kier alpha value is -2.36. The number of benzene rings is 1. The van der Waals surface area contributed by atoms with Crippen molar-refractivity contribution in [1.29, 1.82) is 0 Å². The first kappa shape index (κ1) is 12.1. The second-order valence-corrected chi connectivity index (χ2v) is 4.06. The summed E-state index contributed by atoms with van der Waals surface area (Å²) >= 11 is 0. The van der Waals surface area contributed by atoms with Crippen LogP contribution in [0.15, 0.2) is 42.6 Å². The number of ketones is 1. The Morgan fingerprint density at radius 1 is 1.22 bits per heavy atom. The van der Waals surface area contributed by atoms with Gasteiger partial charge in [0, 0.05) is 23.1 Å². The van der Waals surface area contributed by atoms with Crippen LogP contribution in [0.5, 0.6) is 0 Å². The number of aromatic amines is 1. The second kappa shape index (κ2) is 5.31. The lowest BCUT2D eigenvalue weighted by molar-refractivity contribution is -0.115. The van der Waals surface area contributed by atoms with E-state index in [9.17, 15) is 9.59 Å². The average molecular weight is 242 g/mol. The predicted molar refractivity (Wildman–Crippen MR) is 69.6 cm³/mol. The van der Waals surface area contributed by atoms with Crippen molar-refractivity contribution >= 4 is 17.4 Å². The van der Waals surface area contributed by atoms with Crippen LogP contribution in [0, 0.1) is 0 Å². The number of hydrogen-bond acceptors (Lipinski definition) is 2. The molecular weight excluding hydrogens is 228 g/mol. The Morgan fingerprint density at radius 3 is 2.72 bits per heavy atom. The highest BCUT2D eigenvalue weighted by Crippen LogP contribution is 2.11. The van der Waals surface area contributed by atoms with Gasteiger partial charge in [-0.2, -0.15) is 0 Å². The van der Waals surface area contributed by atoms with Crippen molar-refractivity contribution in [3.05, 3.63) is 53.9 Å². The number of aromatic nitrogens is 1. The van der Waals surface area contributed by atoms with E-state index >= 15 is 0 Å². The van der Waals surface area contributed by atoms with Crippen LogP contribution in [0.4, 0.5) is 5.69 Å².